The van der Waals surface area contributed by atoms with Crippen LogP contribution in [0.4, 0.5) is 10.1 Å². The summed E-state index contributed by atoms with van der Waals surface area (Å²) < 4.78 is 28.9. The Labute approximate surface area is 194 Å². The van der Waals surface area contributed by atoms with Gasteiger partial charge in [-0.1, -0.05) is 11.6 Å². The number of ether oxygens (including phenoxy) is 2. The van der Waals surface area contributed by atoms with Crippen molar-refractivity contribution in [2.24, 2.45) is 0 Å². The van der Waals surface area contributed by atoms with E-state index in [1.54, 1.807) is 18.3 Å². The number of halogens is 2. The van der Waals surface area contributed by atoms with Crippen LogP contribution in [-0.4, -0.2) is 50.0 Å². The molecule has 3 aromatic heterocycles. The van der Waals surface area contributed by atoms with Crippen molar-refractivity contribution in [3.8, 4) is 17.3 Å². The number of aromatic nitrogens is 5. The van der Waals surface area contributed by atoms with Crippen molar-refractivity contribution in [1.82, 2.24) is 24.5 Å². The van der Waals surface area contributed by atoms with E-state index in [1.807, 2.05) is 11.6 Å². The number of alkyl halides is 1. The van der Waals surface area contributed by atoms with Gasteiger partial charge in [-0.25, -0.2) is 9.37 Å². The summed E-state index contributed by atoms with van der Waals surface area (Å²) in [6, 6.07) is 3.77. The highest BCUT2D eigenvalue weighted by atomic mass is 35.5. The molecule has 0 aromatic carbocycles. The van der Waals surface area contributed by atoms with Crippen LogP contribution < -0.4 is 15.6 Å². The summed E-state index contributed by atoms with van der Waals surface area (Å²) >= 11 is 6.26. The third-order valence-electron chi connectivity index (χ3n) is 5.86. The van der Waals surface area contributed by atoms with Gasteiger partial charge < -0.3 is 14.8 Å². The normalized spacial score (nSPS) is 20.6. The summed E-state index contributed by atoms with van der Waals surface area (Å²) in [6.45, 7) is 2.53. The van der Waals surface area contributed by atoms with E-state index in [4.69, 9.17) is 21.1 Å². The summed E-state index contributed by atoms with van der Waals surface area (Å²) in [5.74, 6) is 1.02. The Hall–Kier alpha value is -2.98. The van der Waals surface area contributed by atoms with Gasteiger partial charge in [-0.15, -0.1) is 0 Å². The molecular formula is C22H24ClFN6O3. The lowest BCUT2D eigenvalue weighted by Gasteiger charge is -2.29. The fourth-order valence-electron chi connectivity index (χ4n) is 3.82. The van der Waals surface area contributed by atoms with Gasteiger partial charge >= 0.3 is 0 Å². The molecule has 9 nitrogen and oxygen atoms in total. The molecule has 4 heterocycles. The standard InChI is InChI=1S/C22H24ClFN6O3/c1-14-18(11-28-29(14)15-3-4-15)33-19-6-5-16(9-25-19)30-21(31)20(23)17(10-27-30)26-12-22(24)7-2-8-32-13-22/h5-6,9-11,15,26H,2-4,7-8,12-13H2,1H3/t22-/m0/s1. The van der Waals surface area contributed by atoms with Gasteiger partial charge in [0.1, 0.15) is 5.02 Å². The second kappa shape index (κ2) is 8.75. The van der Waals surface area contributed by atoms with Gasteiger partial charge in [0.25, 0.3) is 5.56 Å². The van der Waals surface area contributed by atoms with Crippen LogP contribution in [0.1, 0.15) is 37.4 Å². The minimum absolute atomic E-state index is 0.0117. The van der Waals surface area contributed by atoms with E-state index in [9.17, 15) is 9.18 Å². The van der Waals surface area contributed by atoms with E-state index in [0.29, 0.717) is 42.8 Å². The van der Waals surface area contributed by atoms with Crippen LogP contribution in [0.2, 0.25) is 5.02 Å². The Bertz CT molecular complexity index is 1200. The highest BCUT2D eigenvalue weighted by molar-refractivity contribution is 6.32. The van der Waals surface area contributed by atoms with E-state index < -0.39 is 11.2 Å². The molecule has 174 valence electrons. The van der Waals surface area contributed by atoms with E-state index in [2.05, 4.69) is 20.5 Å². The molecule has 0 bridgehead atoms. The lowest BCUT2D eigenvalue weighted by atomic mass is 9.99. The molecule has 1 aliphatic carbocycles. The molecule has 1 saturated carbocycles. The number of rotatable bonds is 7. The monoisotopic (exact) mass is 474 g/mol. The first-order valence-corrected chi connectivity index (χ1v) is 11.3. The first kappa shape index (κ1) is 21.8. The van der Waals surface area contributed by atoms with Crippen molar-refractivity contribution in [2.75, 3.05) is 25.1 Å². The number of anilines is 1. The van der Waals surface area contributed by atoms with E-state index in [-0.39, 0.29) is 23.9 Å². The molecule has 1 atom stereocenters. The average Bonchev–Trinajstić information content (AvgIpc) is 3.60. The van der Waals surface area contributed by atoms with Crippen LogP contribution in [0.3, 0.4) is 0 Å². The van der Waals surface area contributed by atoms with Crippen molar-refractivity contribution < 1.29 is 13.9 Å². The van der Waals surface area contributed by atoms with Gasteiger partial charge in [-0.3, -0.25) is 9.48 Å². The number of nitrogens with one attached hydrogen (secondary N) is 1. The quantitative estimate of drug-likeness (QED) is 0.555. The van der Waals surface area contributed by atoms with Gasteiger partial charge in [0.2, 0.25) is 5.88 Å². The molecule has 5 rings (SSSR count). The Morgan fingerprint density at radius 1 is 1.30 bits per heavy atom. The van der Waals surface area contributed by atoms with Crippen molar-refractivity contribution in [1.29, 1.82) is 0 Å². The average molecular weight is 475 g/mol. The second-order valence-corrected chi connectivity index (χ2v) is 8.85. The topological polar surface area (TPSA) is 96.1 Å². The third kappa shape index (κ3) is 4.58. The zero-order chi connectivity index (χ0) is 23.0. The first-order valence-electron chi connectivity index (χ1n) is 10.9. The summed E-state index contributed by atoms with van der Waals surface area (Å²) in [6.07, 6.45) is 7.87. The number of nitrogens with zero attached hydrogens (tertiary/aromatic N) is 5. The number of hydrogen-bond acceptors (Lipinski definition) is 7. The van der Waals surface area contributed by atoms with E-state index in [1.165, 1.54) is 12.4 Å². The largest absolute Gasteiger partial charge is 0.435 e. The number of hydrogen-bond donors (Lipinski definition) is 1. The zero-order valence-electron chi connectivity index (χ0n) is 18.1. The molecule has 11 heteroatoms. The Kier molecular flexibility index (Phi) is 5.79. The van der Waals surface area contributed by atoms with Gasteiger partial charge in [0.05, 0.1) is 54.9 Å². The maximum atomic E-state index is 14.7. The molecule has 1 saturated heterocycles. The molecule has 0 radical (unpaired) electrons. The molecule has 0 spiro atoms. The minimum Gasteiger partial charge on any atom is -0.435 e. The lowest BCUT2D eigenvalue weighted by molar-refractivity contribution is -0.0234. The lowest BCUT2D eigenvalue weighted by Crippen LogP contribution is -2.40. The van der Waals surface area contributed by atoms with Crippen LogP contribution >= 0.6 is 11.6 Å². The molecule has 33 heavy (non-hydrogen) atoms. The summed E-state index contributed by atoms with van der Waals surface area (Å²) in [5.41, 5.74) is -0.383. The highest BCUT2D eigenvalue weighted by Crippen LogP contribution is 2.37. The zero-order valence-corrected chi connectivity index (χ0v) is 18.9. The van der Waals surface area contributed by atoms with Gasteiger partial charge in [-0.2, -0.15) is 14.9 Å². The summed E-state index contributed by atoms with van der Waals surface area (Å²) in [7, 11) is 0. The number of pyridine rings is 1. The van der Waals surface area contributed by atoms with Gasteiger partial charge in [-0.05, 0) is 38.7 Å². The predicted octanol–water partition coefficient (Wildman–Crippen LogP) is 3.84. The van der Waals surface area contributed by atoms with Crippen LogP contribution in [-0.2, 0) is 4.74 Å². The molecule has 3 aromatic rings. The van der Waals surface area contributed by atoms with Crippen molar-refractivity contribution >= 4 is 17.3 Å². The third-order valence-corrected chi connectivity index (χ3v) is 6.23. The van der Waals surface area contributed by atoms with E-state index in [0.717, 1.165) is 23.2 Å². The fraction of sp³-hybridized carbons (Fsp3) is 0.455. The predicted molar refractivity (Wildman–Crippen MR) is 120 cm³/mol. The van der Waals surface area contributed by atoms with Crippen molar-refractivity contribution in [3.63, 3.8) is 0 Å². The second-order valence-electron chi connectivity index (χ2n) is 8.48. The van der Waals surface area contributed by atoms with Gasteiger partial charge in [0.15, 0.2) is 11.4 Å². The highest BCUT2D eigenvalue weighted by Gasteiger charge is 2.33. The molecule has 2 aliphatic rings. The fourth-order valence-corrected chi connectivity index (χ4v) is 4.01. The maximum Gasteiger partial charge on any atom is 0.292 e. The molecule has 1 N–H and O–H groups in total. The smallest absolute Gasteiger partial charge is 0.292 e. The minimum atomic E-state index is -1.50. The first-order chi connectivity index (χ1) is 15.9. The molecule has 0 unspecified atom stereocenters. The van der Waals surface area contributed by atoms with Gasteiger partial charge in [0, 0.05) is 12.7 Å². The summed E-state index contributed by atoms with van der Waals surface area (Å²) in [4.78, 5) is 17.0. The summed E-state index contributed by atoms with van der Waals surface area (Å²) in [5, 5.41) is 11.4. The van der Waals surface area contributed by atoms with Crippen molar-refractivity contribution in [3.05, 3.63) is 51.8 Å². The Balaban J connectivity index is 1.29. The molecular weight excluding hydrogens is 451 g/mol. The van der Waals surface area contributed by atoms with Crippen LogP contribution in [0.25, 0.3) is 5.69 Å². The van der Waals surface area contributed by atoms with Crippen LogP contribution in [0, 0.1) is 6.92 Å². The van der Waals surface area contributed by atoms with Crippen LogP contribution in [0.15, 0.2) is 35.5 Å². The Morgan fingerprint density at radius 3 is 2.85 bits per heavy atom. The SMILES string of the molecule is Cc1c(Oc2ccc(-n3ncc(NC[C@@]4(F)CCCOC4)c(Cl)c3=O)cn2)cnn1C1CC1. The van der Waals surface area contributed by atoms with Crippen LogP contribution in [0.5, 0.6) is 11.6 Å². The molecule has 2 fully saturated rings. The molecule has 0 amide bonds. The molecule has 1 aliphatic heterocycles. The maximum absolute atomic E-state index is 14.7. The van der Waals surface area contributed by atoms with E-state index >= 15 is 0 Å². The Morgan fingerprint density at radius 2 is 2.15 bits per heavy atom. The van der Waals surface area contributed by atoms with Crippen molar-refractivity contribution in [2.45, 2.75) is 44.3 Å².